The Labute approximate surface area is 215 Å². The highest BCUT2D eigenvalue weighted by Gasteiger charge is 2.15. The number of ether oxygens (including phenoxy) is 3. The highest BCUT2D eigenvalue weighted by Crippen LogP contribution is 2.17. The number of nitrogens with zero attached hydrogens (tertiary/aromatic N) is 3. The second-order valence-electron chi connectivity index (χ2n) is 8.02. The lowest BCUT2D eigenvalue weighted by Gasteiger charge is -2.07. The van der Waals surface area contributed by atoms with Crippen LogP contribution in [-0.2, 0) is 13.1 Å². The summed E-state index contributed by atoms with van der Waals surface area (Å²) in [5.41, 5.74) is 2.89. The van der Waals surface area contributed by atoms with Crippen LogP contribution in [0, 0.1) is 0 Å². The Morgan fingerprint density at radius 1 is 0.757 bits per heavy atom. The number of carbonyl (C=O) groups excluding carboxylic acids is 1. The van der Waals surface area contributed by atoms with Gasteiger partial charge in [-0.3, -0.25) is 4.79 Å². The van der Waals surface area contributed by atoms with E-state index in [2.05, 4.69) is 20.7 Å². The molecule has 0 fully saturated rings. The third-order valence-electron chi connectivity index (χ3n) is 5.57. The Hall–Kier alpha value is -4.79. The molecule has 37 heavy (non-hydrogen) atoms. The minimum Gasteiger partial charge on any atom is -0.497 e. The quantitative estimate of drug-likeness (QED) is 0.282. The molecule has 0 unspecified atom stereocenters. The van der Waals surface area contributed by atoms with Gasteiger partial charge in [-0.25, -0.2) is 0 Å². The molecule has 0 atom stereocenters. The van der Waals surface area contributed by atoms with Crippen LogP contribution < -0.4 is 24.8 Å². The van der Waals surface area contributed by atoms with Crippen molar-refractivity contribution in [3.63, 3.8) is 0 Å². The molecule has 4 aromatic rings. The van der Waals surface area contributed by atoms with E-state index in [1.807, 2.05) is 72.8 Å². The number of methoxy groups -OCH3 is 3. The average molecular weight is 500 g/mol. The van der Waals surface area contributed by atoms with Crippen molar-refractivity contribution in [3.05, 3.63) is 95.6 Å². The normalized spacial score (nSPS) is 10.8. The van der Waals surface area contributed by atoms with Crippen molar-refractivity contribution in [2.75, 3.05) is 32.0 Å². The van der Waals surface area contributed by atoms with Gasteiger partial charge in [0.1, 0.15) is 17.2 Å². The number of rotatable bonds is 11. The summed E-state index contributed by atoms with van der Waals surface area (Å²) in [5.74, 6) is 2.63. The zero-order valence-electron chi connectivity index (χ0n) is 21.0. The standard InChI is InChI=1S/C28H29N5O4/c1-35-23-11-4-20(5-12-23)10-17-26(34)33-28(30-19-22-8-15-25(37-3)16-9-22)31-27(32-33)29-18-21-6-13-24(36-2)14-7-21/h4-17H,18-19H2,1-3H3,(H2,29,30,31,32)/b17-10+. The predicted molar refractivity (Wildman–Crippen MR) is 143 cm³/mol. The fourth-order valence-corrected chi connectivity index (χ4v) is 3.46. The molecule has 0 aliphatic heterocycles. The lowest BCUT2D eigenvalue weighted by atomic mass is 10.2. The van der Waals surface area contributed by atoms with Gasteiger partial charge in [-0.05, 0) is 59.2 Å². The summed E-state index contributed by atoms with van der Waals surface area (Å²) in [6.45, 7) is 0.942. The first-order valence-corrected chi connectivity index (χ1v) is 11.6. The lowest BCUT2D eigenvalue weighted by Crippen LogP contribution is -2.14. The topological polar surface area (TPSA) is 99.5 Å². The highest BCUT2D eigenvalue weighted by molar-refractivity contribution is 5.94. The van der Waals surface area contributed by atoms with Gasteiger partial charge in [0.25, 0.3) is 5.91 Å². The number of nitrogens with one attached hydrogen (secondary N) is 2. The van der Waals surface area contributed by atoms with E-state index < -0.39 is 0 Å². The van der Waals surface area contributed by atoms with Crippen LogP contribution in [0.5, 0.6) is 17.2 Å². The van der Waals surface area contributed by atoms with Gasteiger partial charge in [0.15, 0.2) is 0 Å². The molecule has 1 heterocycles. The number of carbonyl (C=O) groups is 1. The van der Waals surface area contributed by atoms with Crippen molar-refractivity contribution < 1.29 is 19.0 Å². The van der Waals surface area contributed by atoms with Gasteiger partial charge in [-0.1, -0.05) is 36.4 Å². The monoisotopic (exact) mass is 499 g/mol. The highest BCUT2D eigenvalue weighted by atomic mass is 16.5. The molecule has 0 saturated heterocycles. The molecule has 190 valence electrons. The summed E-state index contributed by atoms with van der Waals surface area (Å²) in [6.07, 6.45) is 3.18. The summed E-state index contributed by atoms with van der Waals surface area (Å²) in [4.78, 5) is 17.6. The molecular weight excluding hydrogens is 470 g/mol. The van der Waals surface area contributed by atoms with E-state index in [-0.39, 0.29) is 5.91 Å². The van der Waals surface area contributed by atoms with Crippen LogP contribution in [0.2, 0.25) is 0 Å². The third kappa shape index (κ3) is 6.88. The van der Waals surface area contributed by atoms with Gasteiger partial charge in [0, 0.05) is 19.2 Å². The zero-order valence-corrected chi connectivity index (χ0v) is 21.0. The number of allylic oxidation sites excluding steroid dienone is 1. The van der Waals surface area contributed by atoms with Crippen LogP contribution >= 0.6 is 0 Å². The average Bonchev–Trinajstić information content (AvgIpc) is 3.37. The molecule has 0 radical (unpaired) electrons. The van der Waals surface area contributed by atoms with Gasteiger partial charge in [-0.2, -0.15) is 9.67 Å². The Morgan fingerprint density at radius 3 is 1.76 bits per heavy atom. The molecule has 1 aromatic heterocycles. The maximum Gasteiger partial charge on any atom is 0.274 e. The van der Waals surface area contributed by atoms with E-state index >= 15 is 0 Å². The molecule has 0 aliphatic rings. The molecule has 0 bridgehead atoms. The molecule has 9 nitrogen and oxygen atoms in total. The van der Waals surface area contributed by atoms with E-state index in [1.54, 1.807) is 27.4 Å². The van der Waals surface area contributed by atoms with Crippen LogP contribution in [0.15, 0.2) is 78.9 Å². The van der Waals surface area contributed by atoms with E-state index in [9.17, 15) is 4.79 Å². The fourth-order valence-electron chi connectivity index (χ4n) is 3.46. The van der Waals surface area contributed by atoms with Crippen LogP contribution in [0.3, 0.4) is 0 Å². The Balaban J connectivity index is 1.50. The SMILES string of the molecule is COc1ccc(/C=C/C(=O)n2nc(NCc3ccc(OC)cc3)nc2NCc2ccc(OC)cc2)cc1. The maximum absolute atomic E-state index is 13.1. The van der Waals surface area contributed by atoms with Gasteiger partial charge in [0.05, 0.1) is 21.3 Å². The minimum absolute atomic E-state index is 0.331. The van der Waals surface area contributed by atoms with Gasteiger partial charge >= 0.3 is 0 Å². The number of hydrogen-bond donors (Lipinski definition) is 2. The second kappa shape index (κ2) is 12.3. The summed E-state index contributed by atoms with van der Waals surface area (Å²) in [5, 5.41) is 10.8. The molecule has 9 heteroatoms. The smallest absolute Gasteiger partial charge is 0.274 e. The lowest BCUT2D eigenvalue weighted by molar-refractivity contribution is 0.0957. The summed E-state index contributed by atoms with van der Waals surface area (Å²) in [7, 11) is 4.87. The van der Waals surface area contributed by atoms with Crippen LogP contribution in [0.1, 0.15) is 21.5 Å². The Kier molecular flexibility index (Phi) is 8.38. The summed E-state index contributed by atoms with van der Waals surface area (Å²) < 4.78 is 16.9. The zero-order chi connectivity index (χ0) is 26.0. The predicted octanol–water partition coefficient (Wildman–Crippen LogP) is 4.88. The Morgan fingerprint density at radius 2 is 1.24 bits per heavy atom. The van der Waals surface area contributed by atoms with E-state index in [4.69, 9.17) is 14.2 Å². The van der Waals surface area contributed by atoms with E-state index in [0.717, 1.165) is 33.9 Å². The van der Waals surface area contributed by atoms with Crippen molar-refractivity contribution >= 4 is 23.9 Å². The molecule has 0 spiro atoms. The minimum atomic E-state index is -0.335. The van der Waals surface area contributed by atoms with Crippen LogP contribution in [-0.4, -0.2) is 42.0 Å². The van der Waals surface area contributed by atoms with Crippen LogP contribution in [0.4, 0.5) is 11.9 Å². The van der Waals surface area contributed by atoms with Crippen LogP contribution in [0.25, 0.3) is 6.08 Å². The molecule has 0 amide bonds. The maximum atomic E-state index is 13.1. The van der Waals surface area contributed by atoms with Gasteiger partial charge in [0.2, 0.25) is 11.9 Å². The second-order valence-corrected chi connectivity index (χ2v) is 8.02. The van der Waals surface area contributed by atoms with Gasteiger partial charge < -0.3 is 24.8 Å². The van der Waals surface area contributed by atoms with E-state index in [1.165, 1.54) is 10.8 Å². The Bertz CT molecular complexity index is 1330. The number of hydrogen-bond acceptors (Lipinski definition) is 8. The third-order valence-corrected chi connectivity index (χ3v) is 5.57. The molecule has 4 rings (SSSR count). The van der Waals surface area contributed by atoms with Crippen molar-refractivity contribution in [1.29, 1.82) is 0 Å². The largest absolute Gasteiger partial charge is 0.497 e. The van der Waals surface area contributed by atoms with Gasteiger partial charge in [-0.15, -0.1) is 5.10 Å². The molecule has 2 N–H and O–H groups in total. The molecular formula is C28H29N5O4. The summed E-state index contributed by atoms with van der Waals surface area (Å²) >= 11 is 0. The van der Waals surface area contributed by atoms with Crippen molar-refractivity contribution in [3.8, 4) is 17.2 Å². The van der Waals surface area contributed by atoms with Crippen molar-refractivity contribution in [2.24, 2.45) is 0 Å². The first kappa shape index (κ1) is 25.3. The van der Waals surface area contributed by atoms with Crippen molar-refractivity contribution in [1.82, 2.24) is 14.8 Å². The fraction of sp³-hybridized carbons (Fsp3) is 0.179. The number of benzene rings is 3. The van der Waals surface area contributed by atoms with E-state index in [0.29, 0.717) is 25.0 Å². The first-order chi connectivity index (χ1) is 18.1. The first-order valence-electron chi connectivity index (χ1n) is 11.6. The van der Waals surface area contributed by atoms with Crippen molar-refractivity contribution in [2.45, 2.75) is 13.1 Å². The number of aromatic nitrogens is 3. The molecule has 0 saturated carbocycles. The number of anilines is 2. The molecule has 3 aromatic carbocycles. The molecule has 0 aliphatic carbocycles. The summed E-state index contributed by atoms with van der Waals surface area (Å²) in [6, 6.07) is 22.7.